The van der Waals surface area contributed by atoms with E-state index in [0.29, 0.717) is 0 Å². The summed E-state index contributed by atoms with van der Waals surface area (Å²) in [6.07, 6.45) is 0. The number of quaternary nitrogens is 2. The summed E-state index contributed by atoms with van der Waals surface area (Å²) in [6, 6.07) is 15.7. The van der Waals surface area contributed by atoms with Crippen LogP contribution in [-0.4, -0.2) is 26.2 Å². The maximum atomic E-state index is 13.3. The number of nitrogens with one attached hydrogen (secondary N) is 2. The molecule has 116 valence electrons. The van der Waals surface area contributed by atoms with Gasteiger partial charge in [-0.15, -0.1) is 0 Å². The SMILES string of the molecule is Cc1ccccc1C[NH+]1CC[NH+](Cc2cccc(F)c2)CC1. The number of benzene rings is 2. The highest BCUT2D eigenvalue weighted by atomic mass is 19.1. The molecule has 0 saturated carbocycles. The summed E-state index contributed by atoms with van der Waals surface area (Å²) in [7, 11) is 0. The monoisotopic (exact) mass is 300 g/mol. The average Bonchev–Trinajstić information content (AvgIpc) is 2.52. The first kappa shape index (κ1) is 15.2. The second kappa shape index (κ2) is 7.03. The molecule has 0 radical (unpaired) electrons. The molecular weight excluding hydrogens is 275 g/mol. The van der Waals surface area contributed by atoms with Crippen molar-refractivity contribution in [3.8, 4) is 0 Å². The third-order valence-electron chi connectivity index (χ3n) is 4.71. The minimum absolute atomic E-state index is 0.124. The Morgan fingerprint density at radius 3 is 2.23 bits per heavy atom. The molecule has 2 aromatic carbocycles. The van der Waals surface area contributed by atoms with Crippen LogP contribution in [0.4, 0.5) is 4.39 Å². The highest BCUT2D eigenvalue weighted by Crippen LogP contribution is 2.05. The van der Waals surface area contributed by atoms with E-state index in [0.717, 1.165) is 31.7 Å². The highest BCUT2D eigenvalue weighted by Gasteiger charge is 2.23. The van der Waals surface area contributed by atoms with Crippen molar-refractivity contribution in [2.45, 2.75) is 20.0 Å². The van der Waals surface area contributed by atoms with Crippen molar-refractivity contribution in [3.63, 3.8) is 0 Å². The molecule has 22 heavy (non-hydrogen) atoms. The molecule has 0 amide bonds. The zero-order chi connectivity index (χ0) is 15.4. The first-order valence-corrected chi connectivity index (χ1v) is 8.17. The van der Waals surface area contributed by atoms with Gasteiger partial charge in [-0.1, -0.05) is 36.4 Å². The van der Waals surface area contributed by atoms with Crippen LogP contribution < -0.4 is 9.80 Å². The fraction of sp³-hybridized carbons (Fsp3) is 0.368. The van der Waals surface area contributed by atoms with Crippen molar-refractivity contribution in [1.29, 1.82) is 0 Å². The van der Waals surface area contributed by atoms with Gasteiger partial charge < -0.3 is 9.80 Å². The summed E-state index contributed by atoms with van der Waals surface area (Å²) in [6.45, 7) is 8.98. The molecular formula is C19H25FN2+2. The molecule has 1 heterocycles. The lowest BCUT2D eigenvalue weighted by Gasteiger charge is -2.30. The molecule has 0 bridgehead atoms. The molecule has 0 atom stereocenters. The number of piperazine rings is 1. The molecule has 0 aliphatic carbocycles. The number of hydrogen-bond acceptors (Lipinski definition) is 0. The molecule has 2 nitrogen and oxygen atoms in total. The van der Waals surface area contributed by atoms with Crippen molar-refractivity contribution in [2.75, 3.05) is 26.2 Å². The molecule has 0 unspecified atom stereocenters. The predicted molar refractivity (Wildman–Crippen MR) is 86.4 cm³/mol. The molecule has 3 rings (SSSR count). The van der Waals surface area contributed by atoms with Crippen LogP contribution in [0.3, 0.4) is 0 Å². The van der Waals surface area contributed by atoms with E-state index in [1.807, 2.05) is 12.1 Å². The Kier molecular flexibility index (Phi) is 4.86. The van der Waals surface area contributed by atoms with Crippen LogP contribution in [-0.2, 0) is 13.1 Å². The Bertz CT molecular complexity index is 618. The molecule has 0 spiro atoms. The summed E-state index contributed by atoms with van der Waals surface area (Å²) < 4.78 is 13.3. The van der Waals surface area contributed by atoms with E-state index in [4.69, 9.17) is 0 Å². The number of aryl methyl sites for hydroxylation is 1. The summed E-state index contributed by atoms with van der Waals surface area (Å²) in [4.78, 5) is 3.23. The van der Waals surface area contributed by atoms with Crippen LogP contribution in [0.2, 0.25) is 0 Å². The molecule has 3 heteroatoms. The summed E-state index contributed by atoms with van der Waals surface area (Å²) >= 11 is 0. The molecule has 0 aromatic heterocycles. The van der Waals surface area contributed by atoms with Gasteiger partial charge in [0, 0.05) is 11.1 Å². The van der Waals surface area contributed by atoms with Crippen molar-refractivity contribution >= 4 is 0 Å². The van der Waals surface area contributed by atoms with Crippen LogP contribution in [0, 0.1) is 12.7 Å². The molecule has 2 aromatic rings. The number of hydrogen-bond donors (Lipinski definition) is 2. The van der Waals surface area contributed by atoms with Gasteiger partial charge in [0.15, 0.2) is 0 Å². The van der Waals surface area contributed by atoms with E-state index in [1.165, 1.54) is 30.3 Å². The van der Waals surface area contributed by atoms with E-state index in [1.54, 1.807) is 15.9 Å². The Morgan fingerprint density at radius 1 is 0.864 bits per heavy atom. The second-order valence-electron chi connectivity index (χ2n) is 6.41. The fourth-order valence-electron chi connectivity index (χ4n) is 3.32. The highest BCUT2D eigenvalue weighted by molar-refractivity contribution is 5.24. The van der Waals surface area contributed by atoms with Gasteiger partial charge >= 0.3 is 0 Å². The standard InChI is InChI=1S/C19H23FN2/c1-16-5-2-3-7-18(16)15-22-11-9-21(10-12-22)14-17-6-4-8-19(20)13-17/h2-8,13H,9-12,14-15H2,1H3/p+2. The van der Waals surface area contributed by atoms with Crippen LogP contribution >= 0.6 is 0 Å². The second-order valence-corrected chi connectivity index (χ2v) is 6.41. The van der Waals surface area contributed by atoms with E-state index in [2.05, 4.69) is 31.2 Å². The fourth-order valence-corrected chi connectivity index (χ4v) is 3.32. The third kappa shape index (κ3) is 3.93. The lowest BCUT2D eigenvalue weighted by molar-refractivity contribution is -1.02. The minimum atomic E-state index is -0.124. The Morgan fingerprint density at radius 2 is 1.55 bits per heavy atom. The first-order chi connectivity index (χ1) is 10.7. The molecule has 1 fully saturated rings. The van der Waals surface area contributed by atoms with E-state index in [-0.39, 0.29) is 5.82 Å². The topological polar surface area (TPSA) is 8.88 Å². The summed E-state index contributed by atoms with van der Waals surface area (Å²) in [5.41, 5.74) is 3.97. The van der Waals surface area contributed by atoms with Gasteiger partial charge in [0.25, 0.3) is 0 Å². The zero-order valence-electron chi connectivity index (χ0n) is 13.2. The molecule has 1 aliphatic heterocycles. The zero-order valence-corrected chi connectivity index (χ0v) is 13.2. The minimum Gasteiger partial charge on any atom is -0.322 e. The Labute approximate surface area is 132 Å². The van der Waals surface area contributed by atoms with Gasteiger partial charge in [0.2, 0.25) is 0 Å². The Balaban J connectivity index is 1.51. The van der Waals surface area contributed by atoms with Crippen LogP contribution in [0.15, 0.2) is 48.5 Å². The van der Waals surface area contributed by atoms with E-state index >= 15 is 0 Å². The van der Waals surface area contributed by atoms with Gasteiger partial charge in [-0.3, -0.25) is 0 Å². The van der Waals surface area contributed by atoms with Gasteiger partial charge in [-0.05, 0) is 24.6 Å². The van der Waals surface area contributed by atoms with Crippen LogP contribution in [0.25, 0.3) is 0 Å². The van der Waals surface area contributed by atoms with Gasteiger partial charge in [-0.2, -0.15) is 0 Å². The third-order valence-corrected chi connectivity index (χ3v) is 4.71. The number of halogens is 1. The Hall–Kier alpha value is -1.71. The van der Waals surface area contributed by atoms with Crippen molar-refractivity contribution in [2.24, 2.45) is 0 Å². The molecule has 2 N–H and O–H groups in total. The van der Waals surface area contributed by atoms with Crippen molar-refractivity contribution in [1.82, 2.24) is 0 Å². The van der Waals surface area contributed by atoms with E-state index in [9.17, 15) is 4.39 Å². The summed E-state index contributed by atoms with van der Waals surface area (Å²) in [5.74, 6) is -0.124. The predicted octanol–water partition coefficient (Wildman–Crippen LogP) is 0.618. The lowest BCUT2D eigenvalue weighted by Crippen LogP contribution is -3.27. The van der Waals surface area contributed by atoms with Gasteiger partial charge in [0.1, 0.15) is 45.1 Å². The quantitative estimate of drug-likeness (QED) is 0.819. The normalized spacial score (nSPS) is 21.7. The van der Waals surface area contributed by atoms with Crippen LogP contribution in [0.5, 0.6) is 0 Å². The largest absolute Gasteiger partial charge is 0.322 e. The summed E-state index contributed by atoms with van der Waals surface area (Å²) in [5, 5.41) is 0. The van der Waals surface area contributed by atoms with E-state index < -0.39 is 0 Å². The van der Waals surface area contributed by atoms with Crippen molar-refractivity contribution < 1.29 is 14.2 Å². The maximum Gasteiger partial charge on any atom is 0.127 e. The van der Waals surface area contributed by atoms with Crippen LogP contribution in [0.1, 0.15) is 16.7 Å². The van der Waals surface area contributed by atoms with Gasteiger partial charge in [0.05, 0.1) is 0 Å². The van der Waals surface area contributed by atoms with Gasteiger partial charge in [-0.25, -0.2) is 4.39 Å². The number of rotatable bonds is 4. The molecule has 1 saturated heterocycles. The smallest absolute Gasteiger partial charge is 0.127 e. The van der Waals surface area contributed by atoms with Crippen molar-refractivity contribution in [3.05, 3.63) is 71.0 Å². The lowest BCUT2D eigenvalue weighted by atomic mass is 10.1. The molecule has 1 aliphatic rings. The first-order valence-electron chi connectivity index (χ1n) is 8.17. The maximum absolute atomic E-state index is 13.3. The average molecular weight is 300 g/mol.